The minimum absolute atomic E-state index is 0.177. The van der Waals surface area contributed by atoms with E-state index in [9.17, 15) is 19.5 Å². The molecule has 3 heterocycles. The van der Waals surface area contributed by atoms with Gasteiger partial charge in [-0.15, -0.1) is 24.9 Å². The Labute approximate surface area is 275 Å². The summed E-state index contributed by atoms with van der Waals surface area (Å²) in [5.41, 5.74) is 2.06. The van der Waals surface area contributed by atoms with Crippen LogP contribution in [0.2, 0.25) is 5.02 Å². The number of fused-ring (bicyclic) bond motifs is 1. The highest BCUT2D eigenvalue weighted by Gasteiger charge is 2.78. The lowest BCUT2D eigenvalue weighted by Gasteiger charge is -2.39. The monoisotopic (exact) mass is 651 g/mol. The summed E-state index contributed by atoms with van der Waals surface area (Å²) in [5, 5.41) is 10.7. The van der Waals surface area contributed by atoms with Crippen molar-refractivity contribution in [2.45, 2.75) is 62.1 Å². The third-order valence-corrected chi connectivity index (χ3v) is 11.8. The Morgan fingerprint density at radius 1 is 1.13 bits per heavy atom. The van der Waals surface area contributed by atoms with Crippen LogP contribution in [0.25, 0.3) is 0 Å². The highest BCUT2D eigenvalue weighted by Crippen LogP contribution is 2.72. The number of para-hydroxylation sites is 1. The molecule has 3 aliphatic heterocycles. The molecule has 3 amide bonds. The number of likely N-dealkylation sites (tertiary alicyclic amines) is 1. The minimum Gasteiger partial charge on any atom is -0.494 e. The van der Waals surface area contributed by atoms with Crippen LogP contribution in [0.1, 0.15) is 39.2 Å². The maximum absolute atomic E-state index is 14.9. The normalized spacial score (nSPS) is 27.2. The lowest BCUT2D eigenvalue weighted by Crippen LogP contribution is -2.57. The maximum atomic E-state index is 14.9. The maximum Gasteiger partial charge on any atom is 0.251 e. The summed E-state index contributed by atoms with van der Waals surface area (Å²) in [6, 6.07) is 11.2. The van der Waals surface area contributed by atoms with Crippen molar-refractivity contribution in [2.24, 2.45) is 11.8 Å². The summed E-state index contributed by atoms with van der Waals surface area (Å²) in [6.07, 6.45) is 4.58. The molecule has 3 aliphatic rings. The molecular formula is C35H42ClN3O5S. The number of thioether (sulfide) groups is 1. The summed E-state index contributed by atoms with van der Waals surface area (Å²) in [5.74, 6) is -1.47. The number of halogens is 1. The number of benzene rings is 2. The zero-order chi connectivity index (χ0) is 32.7. The van der Waals surface area contributed by atoms with E-state index < -0.39 is 33.4 Å². The molecule has 3 saturated heterocycles. The number of hydrogen-bond acceptors (Lipinski definition) is 6. The van der Waals surface area contributed by atoms with Gasteiger partial charge < -0.3 is 24.5 Å². The summed E-state index contributed by atoms with van der Waals surface area (Å²) >= 11 is 8.27. The van der Waals surface area contributed by atoms with Crippen molar-refractivity contribution < 1.29 is 24.2 Å². The number of carbonyl (C=O) groups excluding carboxylic acids is 3. The van der Waals surface area contributed by atoms with Gasteiger partial charge in [-0.1, -0.05) is 35.9 Å². The Balaban J connectivity index is 1.60. The van der Waals surface area contributed by atoms with Gasteiger partial charge >= 0.3 is 0 Å². The number of aliphatic hydroxyl groups is 1. The second kappa shape index (κ2) is 12.9. The fraction of sp³-hybridized carbons (Fsp3) is 0.457. The van der Waals surface area contributed by atoms with Crippen LogP contribution >= 0.6 is 23.4 Å². The van der Waals surface area contributed by atoms with Gasteiger partial charge in [-0.2, -0.15) is 0 Å². The van der Waals surface area contributed by atoms with Gasteiger partial charge in [-0.05, 0) is 76.4 Å². The van der Waals surface area contributed by atoms with Gasteiger partial charge in [-0.3, -0.25) is 14.4 Å². The van der Waals surface area contributed by atoms with Crippen molar-refractivity contribution >= 4 is 52.5 Å². The molecule has 3 fully saturated rings. The second-order valence-electron chi connectivity index (χ2n) is 12.3. The Bertz CT molecular complexity index is 1480. The molecule has 0 aromatic heterocycles. The van der Waals surface area contributed by atoms with E-state index in [1.54, 1.807) is 51.6 Å². The molecule has 45 heavy (non-hydrogen) atoms. The second-order valence-corrected chi connectivity index (χ2v) is 14.6. The number of rotatable bonds is 12. The van der Waals surface area contributed by atoms with Crippen LogP contribution in [0, 0.1) is 18.8 Å². The van der Waals surface area contributed by atoms with E-state index in [0.29, 0.717) is 41.6 Å². The molecule has 2 bridgehead atoms. The quantitative estimate of drug-likeness (QED) is 0.299. The summed E-state index contributed by atoms with van der Waals surface area (Å²) in [6.45, 7) is 16.0. The first kappa shape index (κ1) is 33.1. The topological polar surface area (TPSA) is 90.4 Å². The Morgan fingerprint density at radius 3 is 2.40 bits per heavy atom. The molecule has 5 rings (SSSR count). The van der Waals surface area contributed by atoms with Crippen LogP contribution in [0.15, 0.2) is 67.8 Å². The molecule has 10 heteroatoms. The molecule has 1 N–H and O–H groups in total. The lowest BCUT2D eigenvalue weighted by molar-refractivity contribution is -0.142. The van der Waals surface area contributed by atoms with Crippen molar-refractivity contribution in [2.75, 3.05) is 36.1 Å². The summed E-state index contributed by atoms with van der Waals surface area (Å²) < 4.78 is 4.17. The SMILES string of the molecule is C=CCN(C(=O)[C@H]1[C@H]2C(=O)N([C@H](C)CO)C(C(=O)N(CC=C)c3c(C)cccc3Cl)C23CC[C@]1(C)S3)c1ccc(OCC)cc1. The van der Waals surface area contributed by atoms with Crippen molar-refractivity contribution in [3.8, 4) is 5.75 Å². The van der Waals surface area contributed by atoms with E-state index in [2.05, 4.69) is 13.2 Å². The van der Waals surface area contributed by atoms with Gasteiger partial charge in [0.1, 0.15) is 11.8 Å². The van der Waals surface area contributed by atoms with E-state index in [1.165, 1.54) is 0 Å². The van der Waals surface area contributed by atoms with Crippen LogP contribution in [0.3, 0.4) is 0 Å². The first-order chi connectivity index (χ1) is 21.5. The van der Waals surface area contributed by atoms with E-state index in [0.717, 1.165) is 5.56 Å². The number of ether oxygens (including phenoxy) is 1. The first-order valence-electron chi connectivity index (χ1n) is 15.4. The lowest BCUT2D eigenvalue weighted by atomic mass is 9.66. The number of nitrogens with zero attached hydrogens (tertiary/aromatic N) is 3. The van der Waals surface area contributed by atoms with E-state index in [1.807, 2.05) is 57.2 Å². The van der Waals surface area contributed by atoms with Crippen molar-refractivity contribution in [1.82, 2.24) is 4.90 Å². The third-order valence-electron chi connectivity index (χ3n) is 9.53. The van der Waals surface area contributed by atoms with E-state index >= 15 is 0 Å². The number of hydrogen-bond donors (Lipinski definition) is 1. The fourth-order valence-electron chi connectivity index (χ4n) is 7.62. The standard InChI is InChI=1S/C35H42ClN3O5S/c1-7-19-37(24-13-15-25(16-14-24)44-9-3)31(41)27-28-32(42)39(23(5)21-40)30(35(28)18-17-34(27,6)45-35)33(43)38(20-8-2)29-22(4)11-10-12-26(29)36/h7-8,10-16,23,27-28,30,40H,1-2,9,17-21H2,3-6H3/t23-,27-,28+,30?,34+,35?/m1/s1. The summed E-state index contributed by atoms with van der Waals surface area (Å²) in [4.78, 5) is 49.0. The van der Waals surface area contributed by atoms with Gasteiger partial charge in [0.25, 0.3) is 5.91 Å². The number of aliphatic hydroxyl groups excluding tert-OH is 1. The predicted molar refractivity (Wildman–Crippen MR) is 181 cm³/mol. The third kappa shape index (κ3) is 5.36. The van der Waals surface area contributed by atoms with Gasteiger partial charge in [-0.25, -0.2) is 0 Å². The zero-order valence-electron chi connectivity index (χ0n) is 26.4. The molecule has 0 saturated carbocycles. The average molecular weight is 652 g/mol. The fourth-order valence-corrected chi connectivity index (χ4v) is 10.3. The van der Waals surface area contributed by atoms with Gasteiger partial charge in [0.15, 0.2) is 0 Å². The molecule has 6 atom stereocenters. The molecule has 1 spiro atoms. The van der Waals surface area contributed by atoms with Gasteiger partial charge in [0.2, 0.25) is 11.8 Å². The average Bonchev–Trinajstić information content (AvgIpc) is 3.59. The molecule has 2 aromatic rings. The summed E-state index contributed by atoms with van der Waals surface area (Å²) in [7, 11) is 0. The number of carbonyl (C=O) groups is 3. The first-order valence-corrected chi connectivity index (χ1v) is 16.6. The van der Waals surface area contributed by atoms with Crippen LogP contribution < -0.4 is 14.5 Å². The van der Waals surface area contributed by atoms with Gasteiger partial charge in [0, 0.05) is 23.5 Å². The van der Waals surface area contributed by atoms with Crippen LogP contribution in [0.4, 0.5) is 11.4 Å². The molecule has 8 nitrogen and oxygen atoms in total. The number of anilines is 2. The largest absolute Gasteiger partial charge is 0.494 e. The highest BCUT2D eigenvalue weighted by atomic mass is 35.5. The van der Waals surface area contributed by atoms with Crippen LogP contribution in [-0.2, 0) is 14.4 Å². The molecular weight excluding hydrogens is 610 g/mol. The van der Waals surface area contributed by atoms with Crippen molar-refractivity contribution in [3.63, 3.8) is 0 Å². The minimum atomic E-state index is -0.907. The molecule has 0 radical (unpaired) electrons. The molecule has 2 unspecified atom stereocenters. The number of aryl methyl sites for hydroxylation is 1. The number of amides is 3. The van der Waals surface area contributed by atoms with E-state index in [-0.39, 0.29) is 37.4 Å². The van der Waals surface area contributed by atoms with Crippen molar-refractivity contribution in [3.05, 3.63) is 78.4 Å². The van der Waals surface area contributed by atoms with E-state index in [4.69, 9.17) is 16.3 Å². The molecule has 240 valence electrons. The smallest absolute Gasteiger partial charge is 0.251 e. The Kier molecular flexibility index (Phi) is 9.45. The van der Waals surface area contributed by atoms with Crippen LogP contribution in [0.5, 0.6) is 5.75 Å². The predicted octanol–water partition coefficient (Wildman–Crippen LogP) is 5.65. The van der Waals surface area contributed by atoms with Crippen LogP contribution in [-0.4, -0.2) is 75.6 Å². The highest BCUT2D eigenvalue weighted by molar-refractivity contribution is 8.02. The zero-order valence-corrected chi connectivity index (χ0v) is 27.9. The molecule has 0 aliphatic carbocycles. The Morgan fingerprint density at radius 2 is 1.80 bits per heavy atom. The molecule has 2 aromatic carbocycles. The van der Waals surface area contributed by atoms with Gasteiger partial charge in [0.05, 0.1) is 46.5 Å². The van der Waals surface area contributed by atoms with Crippen molar-refractivity contribution in [1.29, 1.82) is 0 Å². The Hall–Kier alpha value is -3.27.